The molecule has 1 fully saturated rings. The Bertz CT molecular complexity index is 1560. The number of rotatable bonds is 6. The van der Waals surface area contributed by atoms with Crippen molar-refractivity contribution in [3.8, 4) is 5.75 Å². The zero-order valence-corrected chi connectivity index (χ0v) is 21.1. The van der Waals surface area contributed by atoms with Gasteiger partial charge in [-0.3, -0.25) is 19.8 Å². The van der Waals surface area contributed by atoms with E-state index in [0.717, 1.165) is 33.2 Å². The van der Waals surface area contributed by atoms with Gasteiger partial charge in [-0.05, 0) is 71.4 Å². The first-order valence-electron chi connectivity index (χ1n) is 11.6. The van der Waals surface area contributed by atoms with Crippen LogP contribution < -0.4 is 4.74 Å². The zero-order chi connectivity index (χ0) is 25.9. The van der Waals surface area contributed by atoms with Crippen molar-refractivity contribution in [3.63, 3.8) is 0 Å². The van der Waals surface area contributed by atoms with E-state index in [2.05, 4.69) is 4.99 Å². The molecule has 184 valence electrons. The minimum Gasteiger partial charge on any atom is -0.488 e. The Balaban J connectivity index is 1.48. The van der Waals surface area contributed by atoms with Crippen molar-refractivity contribution in [2.24, 2.45) is 4.99 Å². The van der Waals surface area contributed by atoms with Crippen LogP contribution in [0, 0.1) is 17.0 Å². The van der Waals surface area contributed by atoms with E-state index in [0.29, 0.717) is 15.8 Å². The smallest absolute Gasteiger partial charge is 0.269 e. The van der Waals surface area contributed by atoms with Crippen LogP contribution in [0.25, 0.3) is 16.8 Å². The van der Waals surface area contributed by atoms with E-state index in [-0.39, 0.29) is 18.2 Å². The van der Waals surface area contributed by atoms with E-state index in [1.165, 1.54) is 23.9 Å². The van der Waals surface area contributed by atoms with E-state index in [1.54, 1.807) is 24.1 Å². The predicted octanol–water partition coefficient (Wildman–Crippen LogP) is 6.87. The second-order valence-electron chi connectivity index (χ2n) is 8.62. The monoisotopic (exact) mass is 509 g/mol. The van der Waals surface area contributed by atoms with Crippen molar-refractivity contribution in [1.82, 2.24) is 4.90 Å². The molecule has 0 atom stereocenters. The molecule has 0 aliphatic carbocycles. The fourth-order valence-electron chi connectivity index (χ4n) is 3.94. The van der Waals surface area contributed by atoms with Gasteiger partial charge in [0.15, 0.2) is 5.17 Å². The van der Waals surface area contributed by atoms with Crippen molar-refractivity contribution in [1.29, 1.82) is 0 Å². The van der Waals surface area contributed by atoms with E-state index in [9.17, 15) is 14.9 Å². The lowest BCUT2D eigenvalue weighted by Gasteiger charge is -2.13. The Kier molecular flexibility index (Phi) is 6.74. The molecule has 0 aromatic heterocycles. The molecule has 0 saturated carbocycles. The van der Waals surface area contributed by atoms with Gasteiger partial charge in [0.05, 0.1) is 15.5 Å². The number of aliphatic imine (C=N–C) groups is 1. The summed E-state index contributed by atoms with van der Waals surface area (Å²) in [7, 11) is 1.72. The highest BCUT2D eigenvalue weighted by Crippen LogP contribution is 2.37. The molecule has 0 N–H and O–H groups in total. The maximum atomic E-state index is 13.1. The highest BCUT2D eigenvalue weighted by Gasteiger charge is 2.31. The van der Waals surface area contributed by atoms with Gasteiger partial charge in [-0.1, -0.05) is 48.0 Å². The summed E-state index contributed by atoms with van der Waals surface area (Å²) < 4.78 is 6.16. The van der Waals surface area contributed by atoms with Crippen LogP contribution in [0.3, 0.4) is 0 Å². The summed E-state index contributed by atoms with van der Waals surface area (Å²) in [5.41, 5.74) is 3.55. The van der Waals surface area contributed by atoms with Gasteiger partial charge in [0.2, 0.25) is 0 Å². The summed E-state index contributed by atoms with van der Waals surface area (Å²) >= 11 is 1.32. The Hall–Kier alpha value is -4.43. The maximum Gasteiger partial charge on any atom is 0.269 e. The zero-order valence-electron chi connectivity index (χ0n) is 20.3. The minimum absolute atomic E-state index is 0.0314. The van der Waals surface area contributed by atoms with Crippen molar-refractivity contribution < 1.29 is 14.5 Å². The van der Waals surface area contributed by atoms with Crippen LogP contribution in [-0.2, 0) is 11.4 Å². The first kappa shape index (κ1) is 24.3. The fourth-order valence-corrected chi connectivity index (χ4v) is 4.91. The summed E-state index contributed by atoms with van der Waals surface area (Å²) in [6.07, 6.45) is 1.86. The molecule has 1 aliphatic rings. The van der Waals surface area contributed by atoms with Gasteiger partial charge in [0, 0.05) is 24.7 Å². The van der Waals surface area contributed by atoms with Crippen LogP contribution in [0.2, 0.25) is 0 Å². The number of aryl methyl sites for hydroxylation is 1. The standard InChI is InChI=1S/C29H23N3O4S/c1-19-7-12-22(13-8-19)30-29-31(2)28(33)27(37-29)17-25-24-6-4-3-5-21(24)11-16-26(25)36-18-20-9-14-23(15-10-20)32(34)35/h3-17H,18H2,1-2H3/b27-17+,30-29?. The summed E-state index contributed by atoms with van der Waals surface area (Å²) in [5, 5.41) is 13.5. The molecule has 7 nitrogen and oxygen atoms in total. The number of nitro groups is 1. The topological polar surface area (TPSA) is 85.0 Å². The van der Waals surface area contributed by atoms with Gasteiger partial charge in [0.25, 0.3) is 11.6 Å². The number of carbonyl (C=O) groups is 1. The van der Waals surface area contributed by atoms with Crippen molar-refractivity contribution >= 4 is 51.1 Å². The lowest BCUT2D eigenvalue weighted by Crippen LogP contribution is -2.23. The van der Waals surface area contributed by atoms with Gasteiger partial charge in [-0.2, -0.15) is 0 Å². The van der Waals surface area contributed by atoms with Crippen molar-refractivity contribution in [2.45, 2.75) is 13.5 Å². The van der Waals surface area contributed by atoms with Crippen molar-refractivity contribution in [2.75, 3.05) is 7.05 Å². The van der Waals surface area contributed by atoms with E-state index < -0.39 is 4.92 Å². The highest BCUT2D eigenvalue weighted by atomic mass is 32.2. The number of carbonyl (C=O) groups excluding carboxylic acids is 1. The Morgan fingerprint density at radius 2 is 1.73 bits per heavy atom. The molecular weight excluding hydrogens is 486 g/mol. The molecule has 1 heterocycles. The lowest BCUT2D eigenvalue weighted by molar-refractivity contribution is -0.384. The molecule has 0 radical (unpaired) electrons. The Morgan fingerprint density at radius 3 is 2.46 bits per heavy atom. The molecule has 0 unspecified atom stereocenters. The number of nitro benzene ring substituents is 1. The van der Waals surface area contributed by atoms with Crippen LogP contribution in [0.15, 0.2) is 94.8 Å². The fraction of sp³-hybridized carbons (Fsp3) is 0.103. The number of ether oxygens (including phenoxy) is 1. The number of hydrogen-bond donors (Lipinski definition) is 0. The third kappa shape index (κ3) is 5.24. The van der Waals surface area contributed by atoms with Crippen LogP contribution >= 0.6 is 11.8 Å². The summed E-state index contributed by atoms with van der Waals surface area (Å²) in [6.45, 7) is 2.25. The number of non-ortho nitro benzene ring substituents is 1. The third-order valence-electron chi connectivity index (χ3n) is 6.01. The van der Waals surface area contributed by atoms with Gasteiger partial charge < -0.3 is 4.74 Å². The first-order valence-corrected chi connectivity index (χ1v) is 12.4. The molecule has 1 aliphatic heterocycles. The Labute approximate surface area is 218 Å². The van der Waals surface area contributed by atoms with Gasteiger partial charge in [-0.15, -0.1) is 0 Å². The lowest BCUT2D eigenvalue weighted by atomic mass is 10.0. The number of nitrogens with zero attached hydrogens (tertiary/aromatic N) is 3. The van der Waals surface area contributed by atoms with Gasteiger partial charge in [-0.25, -0.2) is 4.99 Å². The molecular formula is C29H23N3O4S. The molecule has 8 heteroatoms. The molecule has 0 spiro atoms. The van der Waals surface area contributed by atoms with E-state index in [4.69, 9.17) is 4.74 Å². The molecule has 4 aromatic carbocycles. The molecule has 0 bridgehead atoms. The minimum atomic E-state index is -0.429. The van der Waals surface area contributed by atoms with Crippen molar-refractivity contribution in [3.05, 3.63) is 117 Å². The van der Waals surface area contributed by atoms with Crippen LogP contribution in [0.4, 0.5) is 11.4 Å². The average molecular weight is 510 g/mol. The quantitative estimate of drug-likeness (QED) is 0.161. The number of likely N-dealkylation sites (N-methyl/N-ethyl adjacent to an activating group) is 1. The highest BCUT2D eigenvalue weighted by molar-refractivity contribution is 8.18. The molecule has 1 amide bonds. The summed E-state index contributed by atoms with van der Waals surface area (Å²) in [4.78, 5) is 30.4. The number of hydrogen-bond acceptors (Lipinski definition) is 6. The predicted molar refractivity (Wildman–Crippen MR) is 148 cm³/mol. The summed E-state index contributed by atoms with van der Waals surface area (Å²) in [5.74, 6) is 0.481. The number of amides is 1. The van der Waals surface area contributed by atoms with Crippen LogP contribution in [-0.4, -0.2) is 27.9 Å². The first-order chi connectivity index (χ1) is 17.9. The molecule has 4 aromatic rings. The van der Waals surface area contributed by atoms with Crippen LogP contribution in [0.1, 0.15) is 16.7 Å². The number of thioether (sulfide) groups is 1. The van der Waals surface area contributed by atoms with Gasteiger partial charge >= 0.3 is 0 Å². The van der Waals surface area contributed by atoms with Gasteiger partial charge in [0.1, 0.15) is 12.4 Å². The second kappa shape index (κ2) is 10.3. The Morgan fingerprint density at radius 1 is 1.00 bits per heavy atom. The van der Waals surface area contributed by atoms with E-state index >= 15 is 0 Å². The number of benzene rings is 4. The SMILES string of the molecule is Cc1ccc(N=C2S/C(=C/c3c(OCc4ccc([N+](=O)[O-])cc4)ccc4ccccc34)C(=O)N2C)cc1. The van der Waals surface area contributed by atoms with Crippen LogP contribution in [0.5, 0.6) is 5.75 Å². The molecule has 37 heavy (non-hydrogen) atoms. The molecule has 1 saturated heterocycles. The largest absolute Gasteiger partial charge is 0.488 e. The number of fused-ring (bicyclic) bond motifs is 1. The average Bonchev–Trinajstić information content (AvgIpc) is 3.17. The van der Waals surface area contributed by atoms with E-state index in [1.807, 2.05) is 73.7 Å². The summed E-state index contributed by atoms with van der Waals surface area (Å²) in [6, 6.07) is 25.9. The normalized spacial score (nSPS) is 15.6. The second-order valence-corrected chi connectivity index (χ2v) is 9.62. The third-order valence-corrected chi connectivity index (χ3v) is 7.07. The number of amidine groups is 1. The molecule has 5 rings (SSSR count). The maximum absolute atomic E-state index is 13.1.